The number of carbonyl (C=O) groups is 1. The third-order valence-electron chi connectivity index (χ3n) is 2.65. The molecular weight excluding hydrogens is 218 g/mol. The number of furan rings is 1. The number of amides is 1. The van der Waals surface area contributed by atoms with Gasteiger partial charge in [0.15, 0.2) is 5.58 Å². The largest absolute Gasteiger partial charge is 0.465 e. The lowest BCUT2D eigenvalue weighted by Crippen LogP contribution is -2.06. The number of rotatable bonds is 1. The molecule has 1 aromatic heterocycles. The van der Waals surface area contributed by atoms with Crippen LogP contribution >= 0.6 is 0 Å². The maximum absolute atomic E-state index is 10.7. The molecule has 1 heterocycles. The zero-order valence-corrected chi connectivity index (χ0v) is 8.81. The summed E-state index contributed by atoms with van der Waals surface area (Å²) in [4.78, 5) is 10.7. The first-order chi connectivity index (χ1) is 8.25. The van der Waals surface area contributed by atoms with E-state index in [2.05, 4.69) is 5.32 Å². The quantitative estimate of drug-likeness (QED) is 0.666. The van der Waals surface area contributed by atoms with Crippen LogP contribution in [0.2, 0.25) is 0 Å². The molecule has 0 saturated carbocycles. The van der Waals surface area contributed by atoms with Gasteiger partial charge in [-0.1, -0.05) is 30.3 Å². The van der Waals surface area contributed by atoms with Crippen LogP contribution in [0, 0.1) is 0 Å². The van der Waals surface area contributed by atoms with Gasteiger partial charge in [0, 0.05) is 10.8 Å². The molecule has 0 aliphatic carbocycles. The van der Waals surface area contributed by atoms with Crippen molar-refractivity contribution in [3.8, 4) is 0 Å². The molecule has 3 aromatic rings. The summed E-state index contributed by atoms with van der Waals surface area (Å²) in [6, 6.07) is 13.0. The van der Waals surface area contributed by atoms with Gasteiger partial charge in [0.25, 0.3) is 0 Å². The van der Waals surface area contributed by atoms with Crippen molar-refractivity contribution in [2.24, 2.45) is 0 Å². The molecule has 0 unspecified atom stereocenters. The summed E-state index contributed by atoms with van der Waals surface area (Å²) in [5.74, 6) is 0. The summed E-state index contributed by atoms with van der Waals surface area (Å²) in [5.41, 5.74) is 1.78. The minimum absolute atomic E-state index is 0.464. The summed E-state index contributed by atoms with van der Waals surface area (Å²) >= 11 is 0. The second-order valence-corrected chi connectivity index (χ2v) is 3.71. The molecule has 0 spiro atoms. The van der Waals surface area contributed by atoms with Gasteiger partial charge in [0.2, 0.25) is 0 Å². The summed E-state index contributed by atoms with van der Waals surface area (Å²) in [6.07, 6.45) is -1.10. The SMILES string of the molecule is O=C(O)Nc1cccc2c1oc1ccccc12. The molecule has 4 heteroatoms. The van der Waals surface area contributed by atoms with E-state index in [0.29, 0.717) is 11.3 Å². The van der Waals surface area contributed by atoms with Gasteiger partial charge in [-0.3, -0.25) is 5.32 Å². The molecule has 0 atom stereocenters. The summed E-state index contributed by atoms with van der Waals surface area (Å²) < 4.78 is 5.66. The van der Waals surface area contributed by atoms with Crippen LogP contribution in [-0.4, -0.2) is 11.2 Å². The van der Waals surface area contributed by atoms with Crippen LogP contribution in [0.3, 0.4) is 0 Å². The molecule has 84 valence electrons. The number of anilines is 1. The molecule has 0 saturated heterocycles. The highest BCUT2D eigenvalue weighted by Crippen LogP contribution is 2.32. The fraction of sp³-hybridized carbons (Fsp3) is 0. The number of hydrogen-bond acceptors (Lipinski definition) is 2. The highest BCUT2D eigenvalue weighted by molar-refractivity contribution is 6.10. The molecule has 1 amide bonds. The first kappa shape index (κ1) is 9.72. The van der Waals surface area contributed by atoms with Gasteiger partial charge in [-0.15, -0.1) is 0 Å². The Morgan fingerprint density at radius 2 is 1.82 bits per heavy atom. The Labute approximate surface area is 96.5 Å². The van der Waals surface area contributed by atoms with E-state index >= 15 is 0 Å². The van der Waals surface area contributed by atoms with E-state index in [1.54, 1.807) is 12.1 Å². The molecule has 2 N–H and O–H groups in total. The fourth-order valence-corrected chi connectivity index (χ4v) is 1.96. The molecule has 3 rings (SSSR count). The number of fused-ring (bicyclic) bond motifs is 3. The Morgan fingerprint density at radius 3 is 2.65 bits per heavy atom. The van der Waals surface area contributed by atoms with E-state index < -0.39 is 6.09 Å². The van der Waals surface area contributed by atoms with Gasteiger partial charge in [-0.05, 0) is 12.1 Å². The Kier molecular flexibility index (Phi) is 2.01. The van der Waals surface area contributed by atoms with Crippen LogP contribution in [0.5, 0.6) is 0 Å². The van der Waals surface area contributed by atoms with Crippen molar-refractivity contribution in [2.45, 2.75) is 0 Å². The van der Waals surface area contributed by atoms with Crippen LogP contribution < -0.4 is 5.32 Å². The molecule has 0 aliphatic heterocycles. The van der Waals surface area contributed by atoms with Crippen molar-refractivity contribution in [1.29, 1.82) is 0 Å². The lowest BCUT2D eigenvalue weighted by Gasteiger charge is -2.00. The summed E-state index contributed by atoms with van der Waals surface area (Å²) in [5, 5.41) is 13.0. The second-order valence-electron chi connectivity index (χ2n) is 3.71. The predicted octanol–water partition coefficient (Wildman–Crippen LogP) is 3.68. The standard InChI is InChI=1S/C13H9NO3/c15-13(16)14-10-6-3-5-9-8-4-1-2-7-11(8)17-12(9)10/h1-7,14H,(H,15,16). The molecule has 0 aliphatic rings. The Morgan fingerprint density at radius 1 is 1.06 bits per heavy atom. The van der Waals surface area contributed by atoms with Crippen molar-refractivity contribution >= 4 is 33.7 Å². The van der Waals surface area contributed by atoms with Crippen molar-refractivity contribution in [3.05, 3.63) is 42.5 Å². The fourth-order valence-electron chi connectivity index (χ4n) is 1.96. The van der Waals surface area contributed by atoms with Gasteiger partial charge < -0.3 is 9.52 Å². The van der Waals surface area contributed by atoms with Crippen LogP contribution in [0.15, 0.2) is 46.9 Å². The molecule has 0 radical (unpaired) electrons. The van der Waals surface area contributed by atoms with Crippen LogP contribution in [-0.2, 0) is 0 Å². The van der Waals surface area contributed by atoms with Crippen molar-refractivity contribution in [3.63, 3.8) is 0 Å². The molecule has 4 nitrogen and oxygen atoms in total. The normalized spacial score (nSPS) is 10.8. The van der Waals surface area contributed by atoms with E-state index in [0.717, 1.165) is 16.4 Å². The van der Waals surface area contributed by atoms with Gasteiger partial charge in [0.05, 0.1) is 5.69 Å². The average molecular weight is 227 g/mol. The Hall–Kier alpha value is -2.49. The van der Waals surface area contributed by atoms with Crippen molar-refractivity contribution < 1.29 is 14.3 Å². The molecular formula is C13H9NO3. The number of carboxylic acid groups (broad SMARTS) is 1. The Balaban J connectivity index is 2.35. The summed E-state index contributed by atoms with van der Waals surface area (Å²) in [7, 11) is 0. The van der Waals surface area contributed by atoms with E-state index in [-0.39, 0.29) is 0 Å². The van der Waals surface area contributed by atoms with Crippen LogP contribution in [0.25, 0.3) is 21.9 Å². The maximum Gasteiger partial charge on any atom is 0.409 e. The second kappa shape index (κ2) is 3.52. The maximum atomic E-state index is 10.7. The van der Waals surface area contributed by atoms with Gasteiger partial charge in [0.1, 0.15) is 5.58 Å². The van der Waals surface area contributed by atoms with Crippen LogP contribution in [0.1, 0.15) is 0 Å². The van der Waals surface area contributed by atoms with Gasteiger partial charge >= 0.3 is 6.09 Å². The first-order valence-electron chi connectivity index (χ1n) is 5.16. The minimum Gasteiger partial charge on any atom is -0.465 e. The highest BCUT2D eigenvalue weighted by Gasteiger charge is 2.10. The molecule has 2 aromatic carbocycles. The average Bonchev–Trinajstić information content (AvgIpc) is 2.68. The smallest absolute Gasteiger partial charge is 0.409 e. The molecule has 17 heavy (non-hydrogen) atoms. The number of benzene rings is 2. The third kappa shape index (κ3) is 1.50. The lowest BCUT2D eigenvalue weighted by molar-refractivity contribution is 0.209. The number of nitrogens with one attached hydrogen (secondary N) is 1. The van der Waals surface area contributed by atoms with Crippen LogP contribution in [0.4, 0.5) is 10.5 Å². The monoisotopic (exact) mass is 227 g/mol. The summed E-state index contributed by atoms with van der Waals surface area (Å²) in [6.45, 7) is 0. The Bertz CT molecular complexity index is 715. The van der Waals surface area contributed by atoms with E-state index in [1.807, 2.05) is 30.3 Å². The number of hydrogen-bond donors (Lipinski definition) is 2. The lowest BCUT2D eigenvalue weighted by atomic mass is 10.1. The predicted molar refractivity (Wildman–Crippen MR) is 65.4 cm³/mol. The van der Waals surface area contributed by atoms with Gasteiger partial charge in [-0.2, -0.15) is 0 Å². The van der Waals surface area contributed by atoms with E-state index in [1.165, 1.54) is 0 Å². The first-order valence-corrected chi connectivity index (χ1v) is 5.16. The zero-order valence-electron chi connectivity index (χ0n) is 8.81. The number of para-hydroxylation sites is 2. The van der Waals surface area contributed by atoms with Gasteiger partial charge in [-0.25, -0.2) is 4.79 Å². The van der Waals surface area contributed by atoms with E-state index in [4.69, 9.17) is 9.52 Å². The highest BCUT2D eigenvalue weighted by atomic mass is 16.4. The zero-order chi connectivity index (χ0) is 11.8. The third-order valence-corrected chi connectivity index (χ3v) is 2.65. The van der Waals surface area contributed by atoms with E-state index in [9.17, 15) is 4.79 Å². The topological polar surface area (TPSA) is 62.5 Å². The molecule has 0 fully saturated rings. The minimum atomic E-state index is -1.10. The van der Waals surface area contributed by atoms with Crippen molar-refractivity contribution in [2.75, 3.05) is 5.32 Å². The molecule has 0 bridgehead atoms. The van der Waals surface area contributed by atoms with Crippen molar-refractivity contribution in [1.82, 2.24) is 0 Å².